The highest BCUT2D eigenvalue weighted by atomic mass is 35.5. The van der Waals surface area contributed by atoms with Crippen molar-refractivity contribution in [3.8, 4) is 5.75 Å². The standard InChI is InChI=1S/C18H19Cl2N3O2/c1-25-16-6-5-12(11-14(16)20)18(24)23-9-7-22(8-10-23)17-13(19)3-2-4-15(17)21/h2-6,11H,7-10,21H2,1H3. The predicted octanol–water partition coefficient (Wildman–Crippen LogP) is 3.55. The van der Waals surface area contributed by atoms with E-state index < -0.39 is 0 Å². The molecule has 5 nitrogen and oxygen atoms in total. The highest BCUT2D eigenvalue weighted by molar-refractivity contribution is 6.34. The first-order valence-electron chi connectivity index (χ1n) is 7.93. The molecule has 132 valence electrons. The number of carbonyl (C=O) groups excluding carboxylic acids is 1. The van der Waals surface area contributed by atoms with E-state index in [0.717, 1.165) is 5.69 Å². The Labute approximate surface area is 156 Å². The van der Waals surface area contributed by atoms with Crippen LogP contribution in [-0.2, 0) is 0 Å². The number of carbonyl (C=O) groups is 1. The first kappa shape index (κ1) is 17.7. The van der Waals surface area contributed by atoms with Crippen molar-refractivity contribution in [2.75, 3.05) is 43.9 Å². The molecule has 1 saturated heterocycles. The number of hydrogen-bond acceptors (Lipinski definition) is 4. The summed E-state index contributed by atoms with van der Waals surface area (Å²) in [4.78, 5) is 16.6. The van der Waals surface area contributed by atoms with Crippen molar-refractivity contribution in [3.63, 3.8) is 0 Å². The van der Waals surface area contributed by atoms with Gasteiger partial charge in [-0.3, -0.25) is 4.79 Å². The van der Waals surface area contributed by atoms with Crippen molar-refractivity contribution >= 4 is 40.5 Å². The summed E-state index contributed by atoms with van der Waals surface area (Å²) in [6.45, 7) is 2.52. The molecule has 0 saturated carbocycles. The minimum atomic E-state index is -0.0451. The average molecular weight is 380 g/mol. The molecule has 0 unspecified atom stereocenters. The van der Waals surface area contributed by atoms with Crippen molar-refractivity contribution in [1.29, 1.82) is 0 Å². The van der Waals surface area contributed by atoms with Crippen molar-refractivity contribution < 1.29 is 9.53 Å². The molecule has 1 aliphatic heterocycles. The molecule has 0 aromatic heterocycles. The second kappa shape index (κ2) is 7.42. The zero-order chi connectivity index (χ0) is 18.0. The van der Waals surface area contributed by atoms with E-state index >= 15 is 0 Å². The largest absolute Gasteiger partial charge is 0.495 e. The molecule has 1 heterocycles. The number of methoxy groups -OCH3 is 1. The molecule has 2 N–H and O–H groups in total. The molecular weight excluding hydrogens is 361 g/mol. The number of halogens is 2. The number of nitrogens with zero attached hydrogens (tertiary/aromatic N) is 2. The Morgan fingerprint density at radius 1 is 1.08 bits per heavy atom. The van der Waals surface area contributed by atoms with Gasteiger partial charge in [-0.05, 0) is 30.3 Å². The van der Waals surface area contributed by atoms with Gasteiger partial charge in [-0.1, -0.05) is 29.3 Å². The van der Waals surface area contributed by atoms with Gasteiger partial charge in [-0.15, -0.1) is 0 Å². The Bertz CT molecular complexity index is 770. The Morgan fingerprint density at radius 2 is 1.80 bits per heavy atom. The number of amides is 1. The quantitative estimate of drug-likeness (QED) is 0.828. The van der Waals surface area contributed by atoms with E-state index in [0.29, 0.717) is 53.2 Å². The maximum atomic E-state index is 12.7. The molecule has 0 atom stereocenters. The van der Waals surface area contributed by atoms with Crippen molar-refractivity contribution in [1.82, 2.24) is 4.90 Å². The van der Waals surface area contributed by atoms with Gasteiger partial charge in [0, 0.05) is 31.7 Å². The molecule has 0 radical (unpaired) electrons. The number of nitrogens with two attached hydrogens (primary N) is 1. The van der Waals surface area contributed by atoms with Crippen LogP contribution in [0.25, 0.3) is 0 Å². The molecule has 0 aliphatic carbocycles. The first-order valence-corrected chi connectivity index (χ1v) is 8.68. The van der Waals surface area contributed by atoms with Crippen LogP contribution in [0.2, 0.25) is 10.0 Å². The number of para-hydroxylation sites is 1. The lowest BCUT2D eigenvalue weighted by Gasteiger charge is -2.37. The van der Waals surface area contributed by atoms with E-state index in [-0.39, 0.29) is 5.91 Å². The van der Waals surface area contributed by atoms with Gasteiger partial charge in [-0.25, -0.2) is 0 Å². The van der Waals surface area contributed by atoms with E-state index in [1.165, 1.54) is 0 Å². The smallest absolute Gasteiger partial charge is 0.254 e. The van der Waals surface area contributed by atoms with Crippen LogP contribution in [0.15, 0.2) is 36.4 Å². The molecule has 7 heteroatoms. The second-order valence-electron chi connectivity index (χ2n) is 5.81. The van der Waals surface area contributed by atoms with Crippen LogP contribution < -0.4 is 15.4 Å². The molecule has 1 fully saturated rings. The Morgan fingerprint density at radius 3 is 2.40 bits per heavy atom. The van der Waals surface area contributed by atoms with E-state index in [4.69, 9.17) is 33.7 Å². The van der Waals surface area contributed by atoms with Crippen LogP contribution in [0.3, 0.4) is 0 Å². The summed E-state index contributed by atoms with van der Waals surface area (Å²) in [5.74, 6) is 0.508. The Hall–Kier alpha value is -2.11. The van der Waals surface area contributed by atoms with Gasteiger partial charge in [-0.2, -0.15) is 0 Å². The number of anilines is 2. The van der Waals surface area contributed by atoms with Crippen LogP contribution in [0.5, 0.6) is 5.75 Å². The van der Waals surface area contributed by atoms with E-state index in [1.54, 1.807) is 25.3 Å². The summed E-state index contributed by atoms with van der Waals surface area (Å²) in [5, 5.41) is 1.05. The monoisotopic (exact) mass is 379 g/mol. The van der Waals surface area contributed by atoms with Crippen LogP contribution in [0.4, 0.5) is 11.4 Å². The van der Waals surface area contributed by atoms with E-state index in [1.807, 2.05) is 23.1 Å². The molecule has 2 aromatic rings. The average Bonchev–Trinajstić information content (AvgIpc) is 2.61. The zero-order valence-corrected chi connectivity index (χ0v) is 15.3. The van der Waals surface area contributed by atoms with Gasteiger partial charge < -0.3 is 20.3 Å². The van der Waals surface area contributed by atoms with Gasteiger partial charge in [0.15, 0.2) is 0 Å². The molecule has 3 rings (SSSR count). The first-order chi connectivity index (χ1) is 12.0. The molecule has 1 aliphatic rings. The highest BCUT2D eigenvalue weighted by Crippen LogP contribution is 2.32. The third-order valence-electron chi connectivity index (χ3n) is 4.30. The molecule has 25 heavy (non-hydrogen) atoms. The van der Waals surface area contributed by atoms with Crippen LogP contribution in [0.1, 0.15) is 10.4 Å². The maximum Gasteiger partial charge on any atom is 0.254 e. The maximum absolute atomic E-state index is 12.7. The van der Waals surface area contributed by atoms with E-state index in [9.17, 15) is 4.79 Å². The topological polar surface area (TPSA) is 58.8 Å². The molecule has 2 aromatic carbocycles. The van der Waals surface area contributed by atoms with Crippen LogP contribution in [-0.4, -0.2) is 44.1 Å². The van der Waals surface area contributed by atoms with Gasteiger partial charge in [0.1, 0.15) is 5.75 Å². The summed E-state index contributed by atoms with van der Waals surface area (Å²) in [7, 11) is 1.54. The second-order valence-corrected chi connectivity index (χ2v) is 6.62. The zero-order valence-electron chi connectivity index (χ0n) is 13.8. The number of benzene rings is 2. The third-order valence-corrected chi connectivity index (χ3v) is 4.90. The van der Waals surface area contributed by atoms with Crippen molar-refractivity contribution in [3.05, 3.63) is 52.0 Å². The SMILES string of the molecule is COc1ccc(C(=O)N2CCN(c3c(N)cccc3Cl)CC2)cc1Cl. The Kier molecular flexibility index (Phi) is 5.25. The minimum absolute atomic E-state index is 0.0451. The fourth-order valence-electron chi connectivity index (χ4n) is 2.98. The summed E-state index contributed by atoms with van der Waals surface area (Å²) >= 11 is 12.4. The normalized spacial score (nSPS) is 14.5. The number of hydrogen-bond donors (Lipinski definition) is 1. The van der Waals surface area contributed by atoms with Crippen LogP contribution >= 0.6 is 23.2 Å². The fraction of sp³-hybridized carbons (Fsp3) is 0.278. The highest BCUT2D eigenvalue weighted by Gasteiger charge is 2.24. The lowest BCUT2D eigenvalue weighted by molar-refractivity contribution is 0.0747. The summed E-state index contributed by atoms with van der Waals surface area (Å²) in [6, 6.07) is 10.6. The summed E-state index contributed by atoms with van der Waals surface area (Å²) in [6.07, 6.45) is 0. The summed E-state index contributed by atoms with van der Waals surface area (Å²) in [5.41, 5.74) is 8.09. The minimum Gasteiger partial charge on any atom is -0.495 e. The third kappa shape index (κ3) is 3.62. The number of ether oxygens (including phenoxy) is 1. The lowest BCUT2D eigenvalue weighted by Crippen LogP contribution is -2.49. The summed E-state index contributed by atoms with van der Waals surface area (Å²) < 4.78 is 5.12. The predicted molar refractivity (Wildman–Crippen MR) is 102 cm³/mol. The van der Waals surface area contributed by atoms with Crippen molar-refractivity contribution in [2.24, 2.45) is 0 Å². The van der Waals surface area contributed by atoms with Gasteiger partial charge in [0.05, 0.1) is 28.5 Å². The molecule has 1 amide bonds. The molecule has 0 bridgehead atoms. The fourth-order valence-corrected chi connectivity index (χ4v) is 3.54. The lowest BCUT2D eigenvalue weighted by atomic mass is 10.1. The van der Waals surface area contributed by atoms with Gasteiger partial charge >= 0.3 is 0 Å². The van der Waals surface area contributed by atoms with Crippen molar-refractivity contribution in [2.45, 2.75) is 0 Å². The number of nitrogen functional groups attached to an aromatic ring is 1. The van der Waals surface area contributed by atoms with Crippen LogP contribution in [0, 0.1) is 0 Å². The van der Waals surface area contributed by atoms with E-state index in [2.05, 4.69) is 4.90 Å². The number of piperazine rings is 1. The van der Waals surface area contributed by atoms with Gasteiger partial charge in [0.2, 0.25) is 0 Å². The van der Waals surface area contributed by atoms with Gasteiger partial charge in [0.25, 0.3) is 5.91 Å². The molecular formula is C18H19Cl2N3O2. The molecule has 0 spiro atoms. The Balaban J connectivity index is 1.70. The number of rotatable bonds is 3.